The number of ether oxygens (including phenoxy) is 3. The number of unbranched alkanes of at least 4 members (excludes halogenated alkanes) is 32. The molecule has 0 N–H and O–H groups in total. The zero-order valence-corrected chi connectivity index (χ0v) is 41.4. The summed E-state index contributed by atoms with van der Waals surface area (Å²) in [4.78, 5) is 38.0. The molecule has 0 amide bonds. The molecule has 362 valence electrons. The summed E-state index contributed by atoms with van der Waals surface area (Å²) in [7, 11) is 0. The zero-order chi connectivity index (χ0) is 45.1. The zero-order valence-electron chi connectivity index (χ0n) is 41.4. The van der Waals surface area contributed by atoms with Crippen LogP contribution in [0.25, 0.3) is 0 Å². The molecule has 0 aliphatic rings. The Labute approximate surface area is 385 Å². The van der Waals surface area contributed by atoms with Gasteiger partial charge in [0.1, 0.15) is 13.2 Å². The summed E-state index contributed by atoms with van der Waals surface area (Å²) in [5.74, 6) is -0.889. The van der Waals surface area contributed by atoms with Crippen LogP contribution in [-0.2, 0) is 28.6 Å². The molecule has 0 saturated heterocycles. The number of carbonyl (C=O) groups excluding carboxylic acids is 3. The molecule has 0 aliphatic carbocycles. The number of allylic oxidation sites excluding steroid dienone is 6. The summed E-state index contributed by atoms with van der Waals surface area (Å²) >= 11 is 0. The number of esters is 3. The van der Waals surface area contributed by atoms with Crippen LogP contribution in [0.3, 0.4) is 0 Å². The van der Waals surface area contributed by atoms with Gasteiger partial charge in [0.15, 0.2) is 6.10 Å². The molecular formula is C56H102O6. The largest absolute Gasteiger partial charge is 0.462 e. The molecule has 0 aliphatic heterocycles. The Balaban J connectivity index is 4.35. The number of rotatable bonds is 49. The highest BCUT2D eigenvalue weighted by Crippen LogP contribution is 2.16. The fourth-order valence-corrected chi connectivity index (χ4v) is 7.76. The molecule has 1 atom stereocenters. The highest BCUT2D eigenvalue weighted by molar-refractivity contribution is 5.71. The first-order valence-corrected chi connectivity index (χ1v) is 27.0. The molecule has 1 unspecified atom stereocenters. The maximum atomic E-state index is 12.8. The van der Waals surface area contributed by atoms with Crippen LogP contribution in [0.5, 0.6) is 0 Å². The molecule has 0 aromatic carbocycles. The van der Waals surface area contributed by atoms with Gasteiger partial charge in [0.25, 0.3) is 0 Å². The molecule has 0 spiro atoms. The van der Waals surface area contributed by atoms with Crippen molar-refractivity contribution in [3.05, 3.63) is 36.5 Å². The second-order valence-electron chi connectivity index (χ2n) is 18.1. The van der Waals surface area contributed by atoms with Crippen molar-refractivity contribution in [2.75, 3.05) is 13.2 Å². The van der Waals surface area contributed by atoms with Crippen LogP contribution >= 0.6 is 0 Å². The molecular weight excluding hydrogens is 769 g/mol. The summed E-state index contributed by atoms with van der Waals surface area (Å²) in [5.41, 5.74) is 0. The van der Waals surface area contributed by atoms with Crippen LogP contribution in [0, 0.1) is 0 Å². The molecule has 6 heteroatoms. The predicted molar refractivity (Wildman–Crippen MR) is 266 cm³/mol. The molecule has 0 heterocycles. The quantitative estimate of drug-likeness (QED) is 0.0262. The van der Waals surface area contributed by atoms with Gasteiger partial charge in [0, 0.05) is 19.3 Å². The van der Waals surface area contributed by atoms with Gasteiger partial charge in [0.2, 0.25) is 0 Å². The average molecular weight is 871 g/mol. The summed E-state index contributed by atoms with van der Waals surface area (Å²) in [6.45, 7) is 6.60. The van der Waals surface area contributed by atoms with E-state index in [0.29, 0.717) is 19.3 Å². The minimum Gasteiger partial charge on any atom is -0.462 e. The lowest BCUT2D eigenvalue weighted by Gasteiger charge is -2.18. The molecule has 0 saturated carbocycles. The summed E-state index contributed by atoms with van der Waals surface area (Å²) in [5, 5.41) is 0. The third kappa shape index (κ3) is 48.7. The number of hydrogen-bond donors (Lipinski definition) is 0. The van der Waals surface area contributed by atoms with Crippen molar-refractivity contribution in [2.24, 2.45) is 0 Å². The molecule has 0 fully saturated rings. The molecule has 0 bridgehead atoms. The molecule has 0 radical (unpaired) electrons. The first kappa shape index (κ1) is 59.6. The van der Waals surface area contributed by atoms with Gasteiger partial charge in [0.05, 0.1) is 0 Å². The van der Waals surface area contributed by atoms with Crippen molar-refractivity contribution in [3.8, 4) is 0 Å². The monoisotopic (exact) mass is 871 g/mol. The third-order valence-electron chi connectivity index (χ3n) is 11.9. The fourth-order valence-electron chi connectivity index (χ4n) is 7.76. The summed E-state index contributed by atoms with van der Waals surface area (Å²) in [6, 6.07) is 0. The smallest absolute Gasteiger partial charge is 0.306 e. The molecule has 0 rings (SSSR count). The predicted octanol–water partition coefficient (Wildman–Crippen LogP) is 17.7. The number of carbonyl (C=O) groups is 3. The maximum Gasteiger partial charge on any atom is 0.306 e. The molecule has 0 aromatic heterocycles. The van der Waals surface area contributed by atoms with Gasteiger partial charge < -0.3 is 14.2 Å². The average Bonchev–Trinajstić information content (AvgIpc) is 3.27. The van der Waals surface area contributed by atoms with Gasteiger partial charge in [-0.1, -0.05) is 224 Å². The first-order chi connectivity index (χ1) is 30.5. The minimum absolute atomic E-state index is 0.0774. The Morgan fingerprint density at radius 3 is 0.935 bits per heavy atom. The lowest BCUT2D eigenvalue weighted by Crippen LogP contribution is -2.30. The highest BCUT2D eigenvalue weighted by atomic mass is 16.6. The van der Waals surface area contributed by atoms with Crippen LogP contribution in [0.2, 0.25) is 0 Å². The van der Waals surface area contributed by atoms with E-state index in [1.807, 2.05) is 0 Å². The van der Waals surface area contributed by atoms with Crippen molar-refractivity contribution in [2.45, 2.75) is 290 Å². The van der Waals surface area contributed by atoms with Gasteiger partial charge >= 0.3 is 17.9 Å². The van der Waals surface area contributed by atoms with Crippen LogP contribution in [0.1, 0.15) is 284 Å². The van der Waals surface area contributed by atoms with E-state index in [1.165, 1.54) is 154 Å². The van der Waals surface area contributed by atoms with Gasteiger partial charge in [-0.2, -0.15) is 0 Å². The normalized spacial score (nSPS) is 12.2. The second kappa shape index (κ2) is 51.3. The fraction of sp³-hybridized carbons (Fsp3) is 0.839. The Kier molecular flexibility index (Phi) is 49.3. The maximum absolute atomic E-state index is 12.8. The van der Waals surface area contributed by atoms with E-state index in [2.05, 4.69) is 57.2 Å². The van der Waals surface area contributed by atoms with Gasteiger partial charge in [-0.15, -0.1) is 0 Å². The Hall–Kier alpha value is -2.37. The standard InChI is InChI=1S/C56H102O6/c1-4-7-10-13-16-19-22-25-27-28-30-31-34-37-40-43-46-49-55(58)61-52-53(51-60-54(57)48-45-42-39-36-33-24-21-18-15-12-9-6-3)62-56(59)50-47-44-41-38-35-32-29-26-23-20-17-14-11-8-5-2/h17-18,20-21,26,29,53H,4-16,19,22-25,27-28,30-52H2,1-3H3/b20-17-,21-18-,29-26-. The molecule has 62 heavy (non-hydrogen) atoms. The second-order valence-corrected chi connectivity index (χ2v) is 18.1. The van der Waals surface area contributed by atoms with Gasteiger partial charge in [-0.3, -0.25) is 14.4 Å². The Morgan fingerprint density at radius 1 is 0.323 bits per heavy atom. The van der Waals surface area contributed by atoms with E-state index >= 15 is 0 Å². The lowest BCUT2D eigenvalue weighted by atomic mass is 10.0. The molecule has 6 nitrogen and oxygen atoms in total. The summed E-state index contributed by atoms with van der Waals surface area (Å²) in [6.07, 6.45) is 59.8. The topological polar surface area (TPSA) is 78.9 Å². The highest BCUT2D eigenvalue weighted by Gasteiger charge is 2.19. The van der Waals surface area contributed by atoms with Crippen molar-refractivity contribution in [1.82, 2.24) is 0 Å². The van der Waals surface area contributed by atoms with Crippen molar-refractivity contribution in [1.29, 1.82) is 0 Å². The van der Waals surface area contributed by atoms with E-state index in [-0.39, 0.29) is 31.1 Å². The van der Waals surface area contributed by atoms with Crippen LogP contribution in [0.4, 0.5) is 0 Å². The summed E-state index contributed by atoms with van der Waals surface area (Å²) < 4.78 is 16.8. The van der Waals surface area contributed by atoms with E-state index in [0.717, 1.165) is 89.9 Å². The van der Waals surface area contributed by atoms with Gasteiger partial charge in [-0.05, 0) is 77.0 Å². The lowest BCUT2D eigenvalue weighted by molar-refractivity contribution is -0.167. The van der Waals surface area contributed by atoms with E-state index in [1.54, 1.807) is 0 Å². The van der Waals surface area contributed by atoms with Crippen molar-refractivity contribution in [3.63, 3.8) is 0 Å². The van der Waals surface area contributed by atoms with E-state index in [9.17, 15) is 14.4 Å². The Morgan fingerprint density at radius 2 is 0.581 bits per heavy atom. The first-order valence-electron chi connectivity index (χ1n) is 27.0. The minimum atomic E-state index is -0.779. The Bertz CT molecular complexity index is 1050. The van der Waals surface area contributed by atoms with E-state index < -0.39 is 6.10 Å². The van der Waals surface area contributed by atoms with Crippen LogP contribution in [-0.4, -0.2) is 37.2 Å². The van der Waals surface area contributed by atoms with Crippen LogP contribution in [0.15, 0.2) is 36.5 Å². The van der Waals surface area contributed by atoms with Crippen molar-refractivity contribution < 1.29 is 28.6 Å². The van der Waals surface area contributed by atoms with Crippen molar-refractivity contribution >= 4 is 17.9 Å². The number of hydrogen-bond acceptors (Lipinski definition) is 6. The van der Waals surface area contributed by atoms with E-state index in [4.69, 9.17) is 14.2 Å². The SMILES string of the molecule is CCCCC/C=C\C/C=C\CCCCCCCC(=O)OC(COC(=O)CCCCCCC/C=C\CCCCC)COC(=O)CCCCCCCCCCCCCCCCCCC. The third-order valence-corrected chi connectivity index (χ3v) is 11.9. The van der Waals surface area contributed by atoms with Crippen LogP contribution < -0.4 is 0 Å². The molecule has 0 aromatic rings. The van der Waals surface area contributed by atoms with Gasteiger partial charge in [-0.25, -0.2) is 0 Å².